The number of fused-ring (bicyclic) bond motifs is 1. The van der Waals surface area contributed by atoms with Crippen LogP contribution in [-0.4, -0.2) is 34.4 Å². The summed E-state index contributed by atoms with van der Waals surface area (Å²) in [6.45, 7) is 1.69. The van der Waals surface area contributed by atoms with Gasteiger partial charge in [-0.15, -0.1) is 0 Å². The number of anilines is 1. The van der Waals surface area contributed by atoms with Crippen LogP contribution in [0.25, 0.3) is 5.65 Å². The largest absolute Gasteiger partial charge is 0.356 e. The highest BCUT2D eigenvalue weighted by Gasteiger charge is 2.24. The van der Waals surface area contributed by atoms with E-state index in [9.17, 15) is 9.59 Å². The molecule has 1 aliphatic carbocycles. The molecular formula is C20H26N4O2. The number of nitrogens with one attached hydrogen (secondary N) is 1. The molecule has 138 valence electrons. The van der Waals surface area contributed by atoms with Crippen LogP contribution in [0.1, 0.15) is 44.9 Å². The Morgan fingerprint density at radius 1 is 1.15 bits per heavy atom. The van der Waals surface area contributed by atoms with E-state index >= 15 is 0 Å². The molecule has 2 aliphatic rings. The Morgan fingerprint density at radius 3 is 2.69 bits per heavy atom. The first-order valence-corrected chi connectivity index (χ1v) is 9.72. The van der Waals surface area contributed by atoms with Gasteiger partial charge in [0.25, 0.3) is 5.56 Å². The van der Waals surface area contributed by atoms with Crippen molar-refractivity contribution in [3.8, 4) is 0 Å². The standard InChI is InChI=1S/C20H26N4O2/c25-19(21-16-5-1-2-6-16)13-15-8-11-23(12-9-15)18-14-20(26)24-10-4-3-7-17(24)22-18/h3-4,7,10,14-16H,1-2,5-6,8-9,11-13H2,(H,21,25). The van der Waals surface area contributed by atoms with Gasteiger partial charge in [-0.2, -0.15) is 0 Å². The first kappa shape index (κ1) is 17.1. The molecule has 1 N–H and O–H groups in total. The van der Waals surface area contributed by atoms with Crippen molar-refractivity contribution in [2.24, 2.45) is 5.92 Å². The highest BCUT2D eigenvalue weighted by atomic mass is 16.1. The predicted molar refractivity (Wildman–Crippen MR) is 101 cm³/mol. The van der Waals surface area contributed by atoms with Gasteiger partial charge in [-0.3, -0.25) is 14.0 Å². The molecule has 6 nitrogen and oxygen atoms in total. The fraction of sp³-hybridized carbons (Fsp3) is 0.550. The van der Waals surface area contributed by atoms with Gasteiger partial charge < -0.3 is 10.2 Å². The average Bonchev–Trinajstić information content (AvgIpc) is 3.15. The van der Waals surface area contributed by atoms with Crippen LogP contribution in [0.3, 0.4) is 0 Å². The maximum atomic E-state index is 12.3. The molecule has 0 spiro atoms. The molecule has 0 radical (unpaired) electrons. The van der Waals surface area contributed by atoms with Crippen molar-refractivity contribution in [2.75, 3.05) is 18.0 Å². The molecule has 0 aromatic carbocycles. The molecule has 3 heterocycles. The van der Waals surface area contributed by atoms with Crippen LogP contribution in [0.4, 0.5) is 5.82 Å². The first-order chi connectivity index (χ1) is 12.7. The molecule has 2 aromatic rings. The van der Waals surface area contributed by atoms with Crippen LogP contribution in [0.5, 0.6) is 0 Å². The third kappa shape index (κ3) is 3.74. The number of piperidine rings is 1. The second kappa shape index (κ2) is 7.48. The zero-order chi connectivity index (χ0) is 17.9. The van der Waals surface area contributed by atoms with Gasteiger partial charge in [0.1, 0.15) is 11.5 Å². The lowest BCUT2D eigenvalue weighted by atomic mass is 9.93. The Labute approximate surface area is 153 Å². The molecule has 0 unspecified atom stereocenters. The minimum Gasteiger partial charge on any atom is -0.356 e. The van der Waals surface area contributed by atoms with E-state index < -0.39 is 0 Å². The lowest BCUT2D eigenvalue weighted by molar-refractivity contribution is -0.122. The number of amides is 1. The Balaban J connectivity index is 1.34. The first-order valence-electron chi connectivity index (χ1n) is 9.72. The highest BCUT2D eigenvalue weighted by Crippen LogP contribution is 2.24. The second-order valence-electron chi connectivity index (χ2n) is 7.56. The number of carbonyl (C=O) groups is 1. The van der Waals surface area contributed by atoms with Gasteiger partial charge in [0.2, 0.25) is 5.91 Å². The third-order valence-corrected chi connectivity index (χ3v) is 5.69. The van der Waals surface area contributed by atoms with E-state index in [0.29, 0.717) is 24.0 Å². The summed E-state index contributed by atoms with van der Waals surface area (Å²) in [5.41, 5.74) is 0.622. The fourth-order valence-corrected chi connectivity index (χ4v) is 4.19. The maximum absolute atomic E-state index is 12.3. The van der Waals surface area contributed by atoms with Gasteiger partial charge in [0, 0.05) is 37.8 Å². The van der Waals surface area contributed by atoms with Crippen LogP contribution in [0.15, 0.2) is 35.3 Å². The second-order valence-corrected chi connectivity index (χ2v) is 7.56. The molecule has 0 bridgehead atoms. The van der Waals surface area contributed by atoms with Crippen molar-refractivity contribution in [3.05, 3.63) is 40.8 Å². The number of aromatic nitrogens is 2. The number of pyridine rings is 1. The van der Waals surface area contributed by atoms with Crippen molar-refractivity contribution >= 4 is 17.4 Å². The molecule has 4 rings (SSSR count). The van der Waals surface area contributed by atoms with E-state index in [1.807, 2.05) is 18.2 Å². The summed E-state index contributed by atoms with van der Waals surface area (Å²) in [5.74, 6) is 1.38. The van der Waals surface area contributed by atoms with Crippen molar-refractivity contribution in [3.63, 3.8) is 0 Å². The quantitative estimate of drug-likeness (QED) is 0.915. The molecule has 1 saturated carbocycles. The summed E-state index contributed by atoms with van der Waals surface area (Å²) >= 11 is 0. The number of rotatable bonds is 4. The smallest absolute Gasteiger partial charge is 0.259 e. The van der Waals surface area contributed by atoms with E-state index in [2.05, 4.69) is 15.2 Å². The van der Waals surface area contributed by atoms with E-state index in [1.54, 1.807) is 16.7 Å². The van der Waals surface area contributed by atoms with Crippen molar-refractivity contribution in [1.29, 1.82) is 0 Å². The fourth-order valence-electron chi connectivity index (χ4n) is 4.19. The summed E-state index contributed by atoms with van der Waals surface area (Å²) in [7, 11) is 0. The van der Waals surface area contributed by atoms with Gasteiger partial charge in [-0.05, 0) is 43.7 Å². The summed E-state index contributed by atoms with van der Waals surface area (Å²) in [5, 5.41) is 3.19. The molecule has 6 heteroatoms. The van der Waals surface area contributed by atoms with Gasteiger partial charge in [0.05, 0.1) is 0 Å². The average molecular weight is 354 g/mol. The van der Waals surface area contributed by atoms with Gasteiger partial charge >= 0.3 is 0 Å². The summed E-state index contributed by atoms with van der Waals surface area (Å²) in [6.07, 6.45) is 9.04. The third-order valence-electron chi connectivity index (χ3n) is 5.69. The van der Waals surface area contributed by atoms with Gasteiger partial charge in [-0.25, -0.2) is 4.98 Å². The normalized spacial score (nSPS) is 19.2. The topological polar surface area (TPSA) is 66.7 Å². The molecule has 0 atom stereocenters. The van der Waals surface area contributed by atoms with E-state index in [4.69, 9.17) is 0 Å². The summed E-state index contributed by atoms with van der Waals surface area (Å²) < 4.78 is 1.56. The SMILES string of the molecule is O=C(CC1CCN(c2cc(=O)n3ccccc3n2)CC1)NC1CCCC1. The molecule has 2 fully saturated rings. The lowest BCUT2D eigenvalue weighted by Gasteiger charge is -2.32. The minimum absolute atomic E-state index is 0.0522. The van der Waals surface area contributed by atoms with Crippen molar-refractivity contribution < 1.29 is 4.79 Å². The maximum Gasteiger partial charge on any atom is 0.259 e. The molecule has 1 amide bonds. The van der Waals surface area contributed by atoms with Crippen LogP contribution in [0.2, 0.25) is 0 Å². The van der Waals surface area contributed by atoms with Crippen LogP contribution >= 0.6 is 0 Å². The van der Waals surface area contributed by atoms with Crippen LogP contribution in [-0.2, 0) is 4.79 Å². The van der Waals surface area contributed by atoms with Crippen LogP contribution in [0, 0.1) is 5.92 Å². The number of nitrogens with zero attached hydrogens (tertiary/aromatic N) is 3. The molecule has 1 aliphatic heterocycles. The van der Waals surface area contributed by atoms with Gasteiger partial charge in [0.15, 0.2) is 0 Å². The van der Waals surface area contributed by atoms with E-state index in [0.717, 1.165) is 44.6 Å². The zero-order valence-corrected chi connectivity index (χ0v) is 15.1. The monoisotopic (exact) mass is 354 g/mol. The summed E-state index contributed by atoms with van der Waals surface area (Å²) in [4.78, 5) is 31.3. The van der Waals surface area contributed by atoms with Crippen molar-refractivity contribution in [1.82, 2.24) is 14.7 Å². The van der Waals surface area contributed by atoms with Crippen molar-refractivity contribution in [2.45, 2.75) is 51.0 Å². The molecule has 2 aromatic heterocycles. The lowest BCUT2D eigenvalue weighted by Crippen LogP contribution is -2.38. The Hall–Kier alpha value is -2.37. The predicted octanol–water partition coefficient (Wildman–Crippen LogP) is 2.36. The Morgan fingerprint density at radius 2 is 1.92 bits per heavy atom. The number of hydrogen-bond acceptors (Lipinski definition) is 4. The minimum atomic E-state index is -0.0522. The Kier molecular flexibility index (Phi) is 4.91. The summed E-state index contributed by atoms with van der Waals surface area (Å²) in [6, 6.07) is 7.58. The zero-order valence-electron chi connectivity index (χ0n) is 15.1. The molecule has 26 heavy (non-hydrogen) atoms. The Bertz CT molecular complexity index is 833. The molecule has 1 saturated heterocycles. The van der Waals surface area contributed by atoms with Gasteiger partial charge in [-0.1, -0.05) is 18.9 Å². The van der Waals surface area contributed by atoms with E-state index in [1.165, 1.54) is 12.8 Å². The number of hydrogen-bond donors (Lipinski definition) is 1. The van der Waals surface area contributed by atoms with E-state index in [-0.39, 0.29) is 11.5 Å². The van der Waals surface area contributed by atoms with Crippen LogP contribution < -0.4 is 15.8 Å². The molecular weight excluding hydrogens is 328 g/mol. The highest BCUT2D eigenvalue weighted by molar-refractivity contribution is 5.76. The number of carbonyl (C=O) groups excluding carboxylic acids is 1.